The first-order chi connectivity index (χ1) is 6.77. The molecule has 0 aromatic carbocycles. The Morgan fingerprint density at radius 2 is 2.57 bits per heavy atom. The van der Waals surface area contributed by atoms with Crippen LogP contribution in [0.2, 0.25) is 0 Å². The van der Waals surface area contributed by atoms with Gasteiger partial charge in [0.2, 0.25) is 0 Å². The summed E-state index contributed by atoms with van der Waals surface area (Å²) >= 11 is 0. The topological polar surface area (TPSA) is 67.0 Å². The Morgan fingerprint density at radius 3 is 3.21 bits per heavy atom. The third-order valence-corrected chi connectivity index (χ3v) is 2.41. The van der Waals surface area contributed by atoms with E-state index in [0.717, 1.165) is 13.0 Å². The number of aromatic nitrogens is 2. The fourth-order valence-electron chi connectivity index (χ4n) is 1.55. The molecule has 2 heterocycles. The van der Waals surface area contributed by atoms with E-state index >= 15 is 0 Å². The Kier molecular flexibility index (Phi) is 2.49. The van der Waals surface area contributed by atoms with Gasteiger partial charge in [-0.15, -0.1) is 0 Å². The SMILES string of the molecule is C[C@H]1OCC[C@H]1Nc1ncc[nH]c1=O. The third-order valence-electron chi connectivity index (χ3n) is 2.41. The second-order valence-corrected chi connectivity index (χ2v) is 3.38. The molecule has 76 valence electrons. The van der Waals surface area contributed by atoms with Crippen LogP contribution in [-0.2, 0) is 4.74 Å². The average Bonchev–Trinajstić information content (AvgIpc) is 2.56. The summed E-state index contributed by atoms with van der Waals surface area (Å²) in [5.41, 5.74) is -0.188. The van der Waals surface area contributed by atoms with E-state index in [9.17, 15) is 4.79 Å². The van der Waals surface area contributed by atoms with Gasteiger partial charge in [0.1, 0.15) is 0 Å². The molecular formula is C9H13N3O2. The van der Waals surface area contributed by atoms with Crippen LogP contribution in [0.25, 0.3) is 0 Å². The Balaban J connectivity index is 2.11. The van der Waals surface area contributed by atoms with Crippen molar-refractivity contribution in [1.29, 1.82) is 0 Å². The lowest BCUT2D eigenvalue weighted by Crippen LogP contribution is -2.30. The van der Waals surface area contributed by atoms with Crippen LogP contribution in [0, 0.1) is 0 Å². The number of nitrogens with one attached hydrogen (secondary N) is 2. The summed E-state index contributed by atoms with van der Waals surface area (Å²) in [5.74, 6) is 0.370. The highest BCUT2D eigenvalue weighted by atomic mass is 16.5. The summed E-state index contributed by atoms with van der Waals surface area (Å²) in [7, 11) is 0. The number of H-pyrrole nitrogens is 1. The van der Waals surface area contributed by atoms with Gasteiger partial charge in [0.25, 0.3) is 5.56 Å². The van der Waals surface area contributed by atoms with E-state index in [1.807, 2.05) is 6.92 Å². The molecule has 0 spiro atoms. The van der Waals surface area contributed by atoms with Crippen LogP contribution in [0.4, 0.5) is 5.82 Å². The molecule has 0 bridgehead atoms. The number of aromatic amines is 1. The molecule has 1 saturated heterocycles. The second-order valence-electron chi connectivity index (χ2n) is 3.38. The molecule has 1 fully saturated rings. The molecule has 0 saturated carbocycles. The highest BCUT2D eigenvalue weighted by Crippen LogP contribution is 2.15. The van der Waals surface area contributed by atoms with Crippen LogP contribution >= 0.6 is 0 Å². The quantitative estimate of drug-likeness (QED) is 0.715. The summed E-state index contributed by atoms with van der Waals surface area (Å²) in [5, 5.41) is 3.08. The highest BCUT2D eigenvalue weighted by molar-refractivity contribution is 5.32. The first-order valence-corrected chi connectivity index (χ1v) is 4.69. The van der Waals surface area contributed by atoms with Crippen molar-refractivity contribution in [3.05, 3.63) is 22.7 Å². The summed E-state index contributed by atoms with van der Waals surface area (Å²) in [6.45, 7) is 2.73. The van der Waals surface area contributed by atoms with Gasteiger partial charge < -0.3 is 15.0 Å². The van der Waals surface area contributed by atoms with Crippen molar-refractivity contribution >= 4 is 5.82 Å². The standard InChI is InChI=1S/C9H13N3O2/c1-6-7(2-5-14-6)12-8-9(13)11-4-3-10-8/h3-4,6-7H,2,5H2,1H3,(H,10,12)(H,11,13)/t6-,7-/m1/s1. The molecule has 0 aliphatic carbocycles. The first-order valence-electron chi connectivity index (χ1n) is 4.69. The first kappa shape index (κ1) is 9.21. The lowest BCUT2D eigenvalue weighted by atomic mass is 10.1. The summed E-state index contributed by atoms with van der Waals surface area (Å²) in [6.07, 6.45) is 4.13. The van der Waals surface area contributed by atoms with Crippen LogP contribution in [0.3, 0.4) is 0 Å². The smallest absolute Gasteiger partial charge is 0.290 e. The van der Waals surface area contributed by atoms with Gasteiger partial charge in [-0.2, -0.15) is 0 Å². The lowest BCUT2D eigenvalue weighted by molar-refractivity contribution is 0.121. The van der Waals surface area contributed by atoms with Gasteiger partial charge in [0.05, 0.1) is 12.1 Å². The minimum atomic E-state index is -0.188. The minimum Gasteiger partial charge on any atom is -0.376 e. The van der Waals surface area contributed by atoms with Gasteiger partial charge in [-0.25, -0.2) is 4.98 Å². The molecule has 0 unspecified atom stereocenters. The summed E-state index contributed by atoms with van der Waals surface area (Å²) in [4.78, 5) is 17.8. The molecule has 1 aromatic heterocycles. The monoisotopic (exact) mass is 195 g/mol. The molecule has 0 radical (unpaired) electrons. The van der Waals surface area contributed by atoms with Crippen LogP contribution in [0.15, 0.2) is 17.2 Å². The van der Waals surface area contributed by atoms with Crippen LogP contribution in [0.1, 0.15) is 13.3 Å². The van der Waals surface area contributed by atoms with E-state index < -0.39 is 0 Å². The fourth-order valence-corrected chi connectivity index (χ4v) is 1.55. The molecule has 2 atom stereocenters. The predicted octanol–water partition coefficient (Wildman–Crippen LogP) is 0.359. The van der Waals surface area contributed by atoms with Crippen molar-refractivity contribution in [3.63, 3.8) is 0 Å². The van der Waals surface area contributed by atoms with E-state index in [1.54, 1.807) is 6.20 Å². The van der Waals surface area contributed by atoms with Gasteiger partial charge in [0.15, 0.2) is 5.82 Å². The van der Waals surface area contributed by atoms with Crippen molar-refractivity contribution in [2.75, 3.05) is 11.9 Å². The minimum absolute atomic E-state index is 0.136. The van der Waals surface area contributed by atoms with E-state index in [4.69, 9.17) is 4.74 Å². The number of nitrogens with zero attached hydrogens (tertiary/aromatic N) is 1. The van der Waals surface area contributed by atoms with Crippen molar-refractivity contribution in [2.45, 2.75) is 25.5 Å². The molecular weight excluding hydrogens is 182 g/mol. The average molecular weight is 195 g/mol. The number of anilines is 1. The molecule has 2 rings (SSSR count). The molecule has 1 aromatic rings. The molecule has 14 heavy (non-hydrogen) atoms. The Bertz CT molecular complexity index is 363. The van der Waals surface area contributed by atoms with E-state index in [1.165, 1.54) is 6.20 Å². The van der Waals surface area contributed by atoms with Gasteiger partial charge >= 0.3 is 0 Å². The second kappa shape index (κ2) is 3.79. The third kappa shape index (κ3) is 1.77. The maximum atomic E-state index is 11.3. The zero-order valence-electron chi connectivity index (χ0n) is 7.99. The van der Waals surface area contributed by atoms with E-state index in [-0.39, 0.29) is 17.7 Å². The largest absolute Gasteiger partial charge is 0.376 e. The highest BCUT2D eigenvalue weighted by Gasteiger charge is 2.24. The molecule has 1 aliphatic heterocycles. The Morgan fingerprint density at radius 1 is 1.71 bits per heavy atom. The van der Waals surface area contributed by atoms with E-state index in [0.29, 0.717) is 5.82 Å². The van der Waals surface area contributed by atoms with E-state index in [2.05, 4.69) is 15.3 Å². The number of hydrogen-bond acceptors (Lipinski definition) is 4. The maximum absolute atomic E-state index is 11.3. The maximum Gasteiger partial charge on any atom is 0.290 e. The number of hydrogen-bond donors (Lipinski definition) is 2. The fraction of sp³-hybridized carbons (Fsp3) is 0.556. The summed E-state index contributed by atoms with van der Waals surface area (Å²) in [6, 6.07) is 0.186. The van der Waals surface area contributed by atoms with Gasteiger partial charge in [-0.3, -0.25) is 4.79 Å². The lowest BCUT2D eigenvalue weighted by Gasteiger charge is -2.15. The van der Waals surface area contributed by atoms with Gasteiger partial charge in [-0.1, -0.05) is 0 Å². The number of rotatable bonds is 2. The number of ether oxygens (including phenoxy) is 1. The Labute approximate surface area is 81.5 Å². The molecule has 2 N–H and O–H groups in total. The molecule has 1 aliphatic rings. The normalized spacial score (nSPS) is 26.4. The molecule has 5 heteroatoms. The zero-order valence-corrected chi connectivity index (χ0v) is 7.99. The van der Waals surface area contributed by atoms with Gasteiger partial charge in [-0.05, 0) is 13.3 Å². The van der Waals surface area contributed by atoms with Crippen molar-refractivity contribution in [1.82, 2.24) is 9.97 Å². The summed E-state index contributed by atoms with van der Waals surface area (Å²) < 4.78 is 5.37. The molecule has 0 amide bonds. The van der Waals surface area contributed by atoms with Gasteiger partial charge in [0, 0.05) is 19.0 Å². The van der Waals surface area contributed by atoms with Crippen molar-refractivity contribution < 1.29 is 4.74 Å². The van der Waals surface area contributed by atoms with Crippen LogP contribution in [-0.4, -0.2) is 28.7 Å². The van der Waals surface area contributed by atoms with Crippen molar-refractivity contribution in [3.8, 4) is 0 Å². The zero-order chi connectivity index (χ0) is 9.97. The predicted molar refractivity (Wildman–Crippen MR) is 52.3 cm³/mol. The van der Waals surface area contributed by atoms with Crippen LogP contribution < -0.4 is 10.9 Å². The van der Waals surface area contributed by atoms with Crippen molar-refractivity contribution in [2.24, 2.45) is 0 Å². The Hall–Kier alpha value is -1.36. The molecule has 5 nitrogen and oxygen atoms in total. The van der Waals surface area contributed by atoms with Crippen LogP contribution in [0.5, 0.6) is 0 Å².